The molecule has 3 nitrogen and oxygen atoms in total. The molecule has 0 fully saturated rings. The first kappa shape index (κ1) is 13.4. The van der Waals surface area contributed by atoms with E-state index in [2.05, 4.69) is 18.3 Å². The zero-order chi connectivity index (χ0) is 11.0. The van der Waals surface area contributed by atoms with Crippen molar-refractivity contribution < 1.29 is 4.74 Å². The van der Waals surface area contributed by atoms with Gasteiger partial charge in [-0.05, 0) is 27.2 Å². The van der Waals surface area contributed by atoms with Crippen LogP contribution in [-0.2, 0) is 4.74 Å². The Bertz CT molecular complexity index is 186. The molecule has 1 N–H and O–H groups in total. The maximum Gasteiger partial charge on any atom is 0.106 e. The highest BCUT2D eigenvalue weighted by atomic mass is 16.5. The molecule has 0 heterocycles. The highest BCUT2D eigenvalue weighted by molar-refractivity contribution is 5.04. The third kappa shape index (κ3) is 5.95. The van der Waals surface area contributed by atoms with Crippen LogP contribution in [0.2, 0.25) is 0 Å². The Labute approximate surface area is 87.4 Å². The molecule has 1 atom stereocenters. The SMILES string of the molecule is CCCOCCC(C)(C#N)NC(C)C. The Hall–Kier alpha value is -0.590. The molecule has 3 heteroatoms. The smallest absolute Gasteiger partial charge is 0.106 e. The van der Waals surface area contributed by atoms with Gasteiger partial charge in [0.2, 0.25) is 0 Å². The fourth-order valence-electron chi connectivity index (χ4n) is 1.32. The van der Waals surface area contributed by atoms with Gasteiger partial charge in [0.15, 0.2) is 0 Å². The molecule has 0 aliphatic rings. The van der Waals surface area contributed by atoms with Crippen LogP contribution >= 0.6 is 0 Å². The second-order valence-electron chi connectivity index (χ2n) is 4.11. The first-order valence-corrected chi connectivity index (χ1v) is 5.30. The molecule has 0 radical (unpaired) electrons. The lowest BCUT2D eigenvalue weighted by molar-refractivity contribution is 0.117. The third-order valence-electron chi connectivity index (χ3n) is 1.95. The average Bonchev–Trinajstić information content (AvgIpc) is 2.11. The molecule has 0 aliphatic carbocycles. The van der Waals surface area contributed by atoms with Crippen LogP contribution in [0.4, 0.5) is 0 Å². The van der Waals surface area contributed by atoms with Crippen LogP contribution in [0.25, 0.3) is 0 Å². The number of nitrogens with zero attached hydrogens (tertiary/aromatic N) is 1. The van der Waals surface area contributed by atoms with Crippen molar-refractivity contribution in [2.75, 3.05) is 13.2 Å². The molecule has 82 valence electrons. The van der Waals surface area contributed by atoms with E-state index in [1.165, 1.54) is 0 Å². The number of nitrogens with one attached hydrogen (secondary N) is 1. The number of rotatable bonds is 7. The molecule has 0 bridgehead atoms. The zero-order valence-electron chi connectivity index (χ0n) is 9.76. The monoisotopic (exact) mass is 198 g/mol. The maximum atomic E-state index is 9.02. The van der Waals surface area contributed by atoms with Crippen molar-refractivity contribution in [3.05, 3.63) is 0 Å². The summed E-state index contributed by atoms with van der Waals surface area (Å²) in [6, 6.07) is 2.62. The average molecular weight is 198 g/mol. The van der Waals surface area contributed by atoms with Gasteiger partial charge in [0.1, 0.15) is 5.54 Å². The van der Waals surface area contributed by atoms with Gasteiger partial charge in [-0.15, -0.1) is 0 Å². The van der Waals surface area contributed by atoms with Gasteiger partial charge in [0, 0.05) is 25.7 Å². The lowest BCUT2D eigenvalue weighted by atomic mass is 9.99. The minimum absolute atomic E-state index is 0.325. The minimum Gasteiger partial charge on any atom is -0.381 e. The zero-order valence-corrected chi connectivity index (χ0v) is 9.76. The van der Waals surface area contributed by atoms with Gasteiger partial charge in [0.25, 0.3) is 0 Å². The summed E-state index contributed by atoms with van der Waals surface area (Å²) in [5, 5.41) is 12.3. The molecule has 0 aliphatic heterocycles. The molecule has 0 rings (SSSR count). The van der Waals surface area contributed by atoms with Crippen LogP contribution in [0.15, 0.2) is 0 Å². The maximum absolute atomic E-state index is 9.02. The normalized spacial score (nSPS) is 15.1. The molecular weight excluding hydrogens is 176 g/mol. The Morgan fingerprint density at radius 1 is 1.43 bits per heavy atom. The fraction of sp³-hybridized carbons (Fsp3) is 0.909. The van der Waals surface area contributed by atoms with Gasteiger partial charge < -0.3 is 4.74 Å². The van der Waals surface area contributed by atoms with Crippen LogP contribution in [0.5, 0.6) is 0 Å². The summed E-state index contributed by atoms with van der Waals surface area (Å²) in [7, 11) is 0. The Morgan fingerprint density at radius 2 is 2.07 bits per heavy atom. The summed E-state index contributed by atoms with van der Waals surface area (Å²) in [6.45, 7) is 9.52. The van der Waals surface area contributed by atoms with Gasteiger partial charge >= 0.3 is 0 Å². The highest BCUT2D eigenvalue weighted by Gasteiger charge is 2.23. The Balaban J connectivity index is 3.83. The van der Waals surface area contributed by atoms with Crippen molar-refractivity contribution in [1.82, 2.24) is 5.32 Å². The Morgan fingerprint density at radius 3 is 2.50 bits per heavy atom. The van der Waals surface area contributed by atoms with E-state index < -0.39 is 5.54 Å². The van der Waals surface area contributed by atoms with Gasteiger partial charge in [-0.25, -0.2) is 0 Å². The highest BCUT2D eigenvalue weighted by Crippen LogP contribution is 2.09. The third-order valence-corrected chi connectivity index (χ3v) is 1.95. The van der Waals surface area contributed by atoms with E-state index in [1.807, 2.05) is 20.8 Å². The van der Waals surface area contributed by atoms with Crippen molar-refractivity contribution >= 4 is 0 Å². The summed E-state index contributed by atoms with van der Waals surface area (Å²) < 4.78 is 5.37. The number of ether oxygens (including phenoxy) is 1. The van der Waals surface area contributed by atoms with E-state index in [4.69, 9.17) is 10.00 Å². The second kappa shape index (κ2) is 6.80. The quantitative estimate of drug-likeness (QED) is 0.637. The first-order valence-electron chi connectivity index (χ1n) is 5.30. The number of hydrogen-bond donors (Lipinski definition) is 1. The number of hydrogen-bond acceptors (Lipinski definition) is 3. The van der Waals surface area contributed by atoms with Crippen LogP contribution in [0, 0.1) is 11.3 Å². The van der Waals surface area contributed by atoms with Crippen molar-refractivity contribution in [3.8, 4) is 6.07 Å². The van der Waals surface area contributed by atoms with Crippen LogP contribution < -0.4 is 5.32 Å². The number of nitriles is 1. The molecular formula is C11H22N2O. The van der Waals surface area contributed by atoms with Gasteiger partial charge in [-0.1, -0.05) is 6.92 Å². The Kier molecular flexibility index (Phi) is 6.52. The van der Waals surface area contributed by atoms with Gasteiger partial charge in [-0.2, -0.15) is 5.26 Å². The summed E-state index contributed by atoms with van der Waals surface area (Å²) >= 11 is 0. The van der Waals surface area contributed by atoms with Crippen LogP contribution in [0.1, 0.15) is 40.5 Å². The largest absolute Gasteiger partial charge is 0.381 e. The van der Waals surface area contributed by atoms with E-state index in [1.54, 1.807) is 0 Å². The van der Waals surface area contributed by atoms with Gasteiger partial charge in [0.05, 0.1) is 6.07 Å². The summed E-state index contributed by atoms with van der Waals surface area (Å²) in [5.74, 6) is 0. The summed E-state index contributed by atoms with van der Waals surface area (Å²) in [4.78, 5) is 0. The molecule has 0 aromatic rings. The molecule has 0 amide bonds. The molecule has 0 spiro atoms. The van der Waals surface area contributed by atoms with Crippen LogP contribution in [-0.4, -0.2) is 24.8 Å². The summed E-state index contributed by atoms with van der Waals surface area (Å²) in [5.41, 5.74) is -0.456. The summed E-state index contributed by atoms with van der Waals surface area (Å²) in [6.07, 6.45) is 1.77. The lowest BCUT2D eigenvalue weighted by Gasteiger charge is -2.25. The molecule has 0 aromatic carbocycles. The van der Waals surface area contributed by atoms with E-state index >= 15 is 0 Å². The predicted molar refractivity (Wildman–Crippen MR) is 58.0 cm³/mol. The minimum atomic E-state index is -0.456. The predicted octanol–water partition coefficient (Wildman–Crippen LogP) is 2.08. The van der Waals surface area contributed by atoms with Crippen molar-refractivity contribution in [3.63, 3.8) is 0 Å². The van der Waals surface area contributed by atoms with Crippen molar-refractivity contribution in [1.29, 1.82) is 5.26 Å². The molecule has 0 aromatic heterocycles. The molecule has 1 unspecified atom stereocenters. The van der Waals surface area contributed by atoms with E-state index in [0.29, 0.717) is 12.6 Å². The fourth-order valence-corrected chi connectivity index (χ4v) is 1.32. The molecule has 0 saturated heterocycles. The second-order valence-corrected chi connectivity index (χ2v) is 4.11. The topological polar surface area (TPSA) is 45.0 Å². The molecule has 0 saturated carbocycles. The molecule has 14 heavy (non-hydrogen) atoms. The standard InChI is InChI=1S/C11H22N2O/c1-5-7-14-8-6-11(4,9-12)13-10(2)3/h10,13H,5-8H2,1-4H3. The van der Waals surface area contributed by atoms with E-state index in [0.717, 1.165) is 19.4 Å². The van der Waals surface area contributed by atoms with E-state index in [9.17, 15) is 0 Å². The van der Waals surface area contributed by atoms with Crippen molar-refractivity contribution in [2.45, 2.75) is 52.1 Å². The lowest BCUT2D eigenvalue weighted by Crippen LogP contribution is -2.45. The van der Waals surface area contributed by atoms with Crippen LogP contribution in [0.3, 0.4) is 0 Å². The first-order chi connectivity index (χ1) is 6.54. The van der Waals surface area contributed by atoms with Crippen molar-refractivity contribution in [2.24, 2.45) is 0 Å². The van der Waals surface area contributed by atoms with Gasteiger partial charge in [-0.3, -0.25) is 5.32 Å². The van der Waals surface area contributed by atoms with E-state index in [-0.39, 0.29) is 0 Å².